The van der Waals surface area contributed by atoms with Crippen LogP contribution >= 0.6 is 0 Å². The zero-order valence-corrected chi connectivity index (χ0v) is 14.2. The molecule has 7 heteroatoms. The topological polar surface area (TPSA) is 73.1 Å². The Morgan fingerprint density at radius 1 is 1.33 bits per heavy atom. The van der Waals surface area contributed by atoms with E-state index in [4.69, 9.17) is 8.94 Å². The molecular formula is C17H21N5O2. The third-order valence-corrected chi connectivity index (χ3v) is 4.85. The SMILES string of the molecule is Cc1nn(C)c(C)c1C1CCCN1Cc1nc(-c2ccoc2)no1. The molecule has 0 aliphatic carbocycles. The van der Waals surface area contributed by atoms with Crippen LogP contribution in [0, 0.1) is 13.8 Å². The van der Waals surface area contributed by atoms with E-state index >= 15 is 0 Å². The summed E-state index contributed by atoms with van der Waals surface area (Å²) in [6.45, 7) is 5.91. The van der Waals surface area contributed by atoms with Crippen LogP contribution in [0.15, 0.2) is 27.5 Å². The highest BCUT2D eigenvalue weighted by atomic mass is 16.5. The van der Waals surface area contributed by atoms with Gasteiger partial charge in [-0.05, 0) is 39.3 Å². The first-order chi connectivity index (χ1) is 11.6. The number of hydrogen-bond acceptors (Lipinski definition) is 6. The van der Waals surface area contributed by atoms with Crippen molar-refractivity contribution in [3.8, 4) is 11.4 Å². The summed E-state index contributed by atoms with van der Waals surface area (Å²) in [6.07, 6.45) is 5.53. The van der Waals surface area contributed by atoms with Gasteiger partial charge in [-0.1, -0.05) is 5.16 Å². The van der Waals surface area contributed by atoms with Crippen LogP contribution in [-0.2, 0) is 13.6 Å². The second kappa shape index (κ2) is 5.90. The average Bonchev–Trinajstić information content (AvgIpc) is 3.30. The van der Waals surface area contributed by atoms with Crippen LogP contribution in [0.4, 0.5) is 0 Å². The Bertz CT molecular complexity index is 833. The molecule has 1 saturated heterocycles. The lowest BCUT2D eigenvalue weighted by molar-refractivity contribution is 0.211. The summed E-state index contributed by atoms with van der Waals surface area (Å²) in [5.74, 6) is 1.21. The molecule has 0 amide bonds. The van der Waals surface area contributed by atoms with E-state index in [2.05, 4.69) is 34.0 Å². The van der Waals surface area contributed by atoms with Gasteiger partial charge < -0.3 is 8.94 Å². The van der Waals surface area contributed by atoms with Gasteiger partial charge in [0, 0.05) is 24.3 Å². The molecule has 1 unspecified atom stereocenters. The Balaban J connectivity index is 1.56. The number of furan rings is 1. The fraction of sp³-hybridized carbons (Fsp3) is 0.471. The fourth-order valence-corrected chi connectivity index (χ4v) is 3.62. The summed E-state index contributed by atoms with van der Waals surface area (Å²) in [6, 6.07) is 2.19. The molecule has 1 fully saturated rings. The Kier molecular flexibility index (Phi) is 3.72. The molecule has 1 aliphatic heterocycles. The van der Waals surface area contributed by atoms with E-state index in [1.54, 1.807) is 12.5 Å². The summed E-state index contributed by atoms with van der Waals surface area (Å²) in [4.78, 5) is 6.90. The number of aromatic nitrogens is 4. The molecule has 3 aromatic heterocycles. The quantitative estimate of drug-likeness (QED) is 0.733. The van der Waals surface area contributed by atoms with Crippen molar-refractivity contribution in [2.45, 2.75) is 39.3 Å². The average molecular weight is 327 g/mol. The number of likely N-dealkylation sites (tertiary alicyclic amines) is 1. The van der Waals surface area contributed by atoms with Crippen LogP contribution in [0.3, 0.4) is 0 Å². The Morgan fingerprint density at radius 3 is 2.92 bits per heavy atom. The third-order valence-electron chi connectivity index (χ3n) is 4.85. The van der Waals surface area contributed by atoms with Crippen molar-refractivity contribution in [1.29, 1.82) is 0 Å². The van der Waals surface area contributed by atoms with Crippen molar-refractivity contribution >= 4 is 0 Å². The first kappa shape index (κ1) is 15.1. The first-order valence-electron chi connectivity index (χ1n) is 8.23. The molecule has 0 spiro atoms. The van der Waals surface area contributed by atoms with Gasteiger partial charge in [0.25, 0.3) is 0 Å². The maximum absolute atomic E-state index is 5.43. The molecule has 3 aromatic rings. The van der Waals surface area contributed by atoms with E-state index in [0.29, 0.717) is 24.3 Å². The van der Waals surface area contributed by atoms with E-state index in [0.717, 1.165) is 24.2 Å². The molecular weight excluding hydrogens is 306 g/mol. The first-order valence-corrected chi connectivity index (χ1v) is 8.23. The van der Waals surface area contributed by atoms with E-state index in [9.17, 15) is 0 Å². The lowest BCUT2D eigenvalue weighted by atomic mass is 10.0. The summed E-state index contributed by atoms with van der Waals surface area (Å²) >= 11 is 0. The summed E-state index contributed by atoms with van der Waals surface area (Å²) in [7, 11) is 2.00. The van der Waals surface area contributed by atoms with E-state index in [1.807, 2.05) is 17.8 Å². The monoisotopic (exact) mass is 327 g/mol. The van der Waals surface area contributed by atoms with Crippen LogP contribution in [-0.4, -0.2) is 31.4 Å². The molecule has 126 valence electrons. The highest BCUT2D eigenvalue weighted by molar-refractivity contribution is 5.51. The predicted octanol–water partition coefficient (Wildman–Crippen LogP) is 3.02. The molecule has 0 N–H and O–H groups in total. The minimum absolute atomic E-state index is 0.364. The third kappa shape index (κ3) is 2.54. The predicted molar refractivity (Wildman–Crippen MR) is 87.1 cm³/mol. The fourth-order valence-electron chi connectivity index (χ4n) is 3.62. The zero-order chi connectivity index (χ0) is 16.7. The number of hydrogen-bond donors (Lipinski definition) is 0. The molecule has 4 rings (SSSR count). The van der Waals surface area contributed by atoms with Gasteiger partial charge in [0.1, 0.15) is 6.26 Å². The minimum atomic E-state index is 0.364. The van der Waals surface area contributed by atoms with Crippen molar-refractivity contribution in [2.75, 3.05) is 6.54 Å². The Morgan fingerprint density at radius 2 is 2.21 bits per heavy atom. The maximum Gasteiger partial charge on any atom is 0.241 e. The lowest BCUT2D eigenvalue weighted by Gasteiger charge is -2.23. The number of nitrogens with zero attached hydrogens (tertiary/aromatic N) is 5. The zero-order valence-electron chi connectivity index (χ0n) is 14.2. The second-order valence-electron chi connectivity index (χ2n) is 6.36. The van der Waals surface area contributed by atoms with Crippen molar-refractivity contribution in [3.63, 3.8) is 0 Å². The molecule has 7 nitrogen and oxygen atoms in total. The highest BCUT2D eigenvalue weighted by Crippen LogP contribution is 2.36. The van der Waals surface area contributed by atoms with Gasteiger partial charge in [-0.15, -0.1) is 0 Å². The summed E-state index contributed by atoms with van der Waals surface area (Å²) < 4.78 is 12.5. The molecule has 0 saturated carbocycles. The van der Waals surface area contributed by atoms with Crippen LogP contribution in [0.2, 0.25) is 0 Å². The Labute approximate surface area is 140 Å². The van der Waals surface area contributed by atoms with Crippen molar-refractivity contribution in [1.82, 2.24) is 24.8 Å². The molecule has 1 aliphatic rings. The maximum atomic E-state index is 5.43. The van der Waals surface area contributed by atoms with Gasteiger partial charge in [0.05, 0.1) is 24.1 Å². The largest absolute Gasteiger partial charge is 0.472 e. The van der Waals surface area contributed by atoms with Crippen LogP contribution in [0.25, 0.3) is 11.4 Å². The number of aryl methyl sites for hydroxylation is 2. The lowest BCUT2D eigenvalue weighted by Crippen LogP contribution is -2.23. The number of rotatable bonds is 4. The molecule has 4 heterocycles. The molecule has 0 radical (unpaired) electrons. The molecule has 0 bridgehead atoms. The van der Waals surface area contributed by atoms with Gasteiger partial charge in [0.2, 0.25) is 11.7 Å². The normalized spacial score (nSPS) is 18.5. The van der Waals surface area contributed by atoms with Gasteiger partial charge in [0.15, 0.2) is 0 Å². The highest BCUT2D eigenvalue weighted by Gasteiger charge is 2.31. The minimum Gasteiger partial charge on any atom is -0.472 e. The summed E-state index contributed by atoms with van der Waals surface area (Å²) in [5.41, 5.74) is 4.51. The van der Waals surface area contributed by atoms with Gasteiger partial charge in [-0.25, -0.2) is 0 Å². The smallest absolute Gasteiger partial charge is 0.241 e. The molecule has 24 heavy (non-hydrogen) atoms. The second-order valence-corrected chi connectivity index (χ2v) is 6.36. The molecule has 1 atom stereocenters. The molecule has 0 aromatic carbocycles. The standard InChI is InChI=1S/C17H21N5O2/c1-11-16(12(2)21(3)19-11)14-5-4-7-22(14)9-15-18-17(20-24-15)13-6-8-23-10-13/h6,8,10,14H,4-5,7,9H2,1-3H3. The summed E-state index contributed by atoms with van der Waals surface area (Å²) in [5, 5.41) is 8.61. The van der Waals surface area contributed by atoms with E-state index < -0.39 is 0 Å². The van der Waals surface area contributed by atoms with Gasteiger partial charge in [-0.2, -0.15) is 10.1 Å². The van der Waals surface area contributed by atoms with Crippen molar-refractivity contribution in [2.24, 2.45) is 7.05 Å². The van der Waals surface area contributed by atoms with Gasteiger partial charge in [-0.3, -0.25) is 9.58 Å². The van der Waals surface area contributed by atoms with Crippen LogP contribution in [0.5, 0.6) is 0 Å². The van der Waals surface area contributed by atoms with E-state index in [1.165, 1.54) is 17.7 Å². The van der Waals surface area contributed by atoms with Crippen LogP contribution < -0.4 is 0 Å². The Hall–Kier alpha value is -2.41. The van der Waals surface area contributed by atoms with E-state index in [-0.39, 0.29) is 0 Å². The van der Waals surface area contributed by atoms with Crippen LogP contribution in [0.1, 0.15) is 41.7 Å². The van der Waals surface area contributed by atoms with Gasteiger partial charge >= 0.3 is 0 Å². The van der Waals surface area contributed by atoms with Crippen molar-refractivity contribution in [3.05, 3.63) is 41.4 Å². The van der Waals surface area contributed by atoms with Crippen molar-refractivity contribution < 1.29 is 8.94 Å².